The van der Waals surface area contributed by atoms with E-state index >= 15 is 0 Å². The maximum Gasteiger partial charge on any atom is 0.188 e. The first-order valence-electron chi connectivity index (χ1n) is 6.29. The molecule has 0 radical (unpaired) electrons. The summed E-state index contributed by atoms with van der Waals surface area (Å²) in [5.74, 6) is 0.613. The Bertz CT molecular complexity index is 257. The molecule has 0 aromatic heterocycles. The van der Waals surface area contributed by atoms with Gasteiger partial charge < -0.3 is 11.1 Å². The average molecular weight is 225 g/mol. The first-order valence-corrected chi connectivity index (χ1v) is 6.29. The monoisotopic (exact) mass is 225 g/mol. The molecule has 0 aromatic rings. The minimum Gasteiger partial charge on any atom is -0.370 e. The molecule has 0 atom stereocenters. The molecule has 0 spiro atoms. The number of nitrogens with two attached hydrogens (primary N) is 1. The van der Waals surface area contributed by atoms with E-state index in [2.05, 4.69) is 44.9 Å². The van der Waals surface area contributed by atoms with E-state index in [1.54, 1.807) is 0 Å². The van der Waals surface area contributed by atoms with Crippen molar-refractivity contribution in [3.8, 4) is 0 Å². The van der Waals surface area contributed by atoms with Gasteiger partial charge in [0, 0.05) is 12.6 Å². The Kier molecular flexibility index (Phi) is 3.87. The van der Waals surface area contributed by atoms with Crippen LogP contribution in [-0.4, -0.2) is 18.5 Å². The number of hydrogen-bond donors (Lipinski definition) is 2. The van der Waals surface area contributed by atoms with Gasteiger partial charge in [-0.2, -0.15) is 0 Å². The second kappa shape index (κ2) is 4.64. The van der Waals surface area contributed by atoms with Crippen LogP contribution in [-0.2, 0) is 0 Å². The van der Waals surface area contributed by atoms with Gasteiger partial charge in [-0.15, -0.1) is 0 Å². The lowest BCUT2D eigenvalue weighted by Gasteiger charge is -2.37. The standard InChI is InChI=1S/C13H27N3/c1-12(2,3)13(4,5)9-15-11(14)16-10-7-6-8-10/h10H,6-9H2,1-5H3,(H3,14,15,16). The largest absolute Gasteiger partial charge is 0.370 e. The summed E-state index contributed by atoms with van der Waals surface area (Å²) in [5, 5.41) is 3.27. The van der Waals surface area contributed by atoms with Crippen molar-refractivity contribution in [1.82, 2.24) is 5.32 Å². The van der Waals surface area contributed by atoms with Crippen molar-refractivity contribution >= 4 is 5.96 Å². The van der Waals surface area contributed by atoms with Crippen LogP contribution in [0.2, 0.25) is 0 Å². The van der Waals surface area contributed by atoms with Crippen molar-refractivity contribution in [2.75, 3.05) is 6.54 Å². The minimum absolute atomic E-state index is 0.166. The van der Waals surface area contributed by atoms with Gasteiger partial charge in [0.05, 0.1) is 0 Å². The molecule has 0 heterocycles. The first kappa shape index (κ1) is 13.3. The molecule has 1 aliphatic rings. The van der Waals surface area contributed by atoms with Gasteiger partial charge in [0.2, 0.25) is 0 Å². The van der Waals surface area contributed by atoms with Crippen LogP contribution in [0.4, 0.5) is 0 Å². The fraction of sp³-hybridized carbons (Fsp3) is 0.923. The Balaban J connectivity index is 2.44. The first-order chi connectivity index (χ1) is 7.22. The highest BCUT2D eigenvalue weighted by Crippen LogP contribution is 2.37. The van der Waals surface area contributed by atoms with Gasteiger partial charge in [-0.25, -0.2) is 0 Å². The maximum atomic E-state index is 5.87. The summed E-state index contributed by atoms with van der Waals surface area (Å²) in [4.78, 5) is 4.47. The molecule has 1 rings (SSSR count). The van der Waals surface area contributed by atoms with Gasteiger partial charge in [0.15, 0.2) is 5.96 Å². The lowest BCUT2D eigenvalue weighted by molar-refractivity contribution is 0.143. The van der Waals surface area contributed by atoms with Crippen LogP contribution < -0.4 is 11.1 Å². The summed E-state index contributed by atoms with van der Waals surface area (Å²) in [6.45, 7) is 12.0. The zero-order valence-corrected chi connectivity index (χ0v) is 11.4. The van der Waals surface area contributed by atoms with Crippen LogP contribution in [0, 0.1) is 10.8 Å². The van der Waals surface area contributed by atoms with Crippen molar-refractivity contribution in [3.63, 3.8) is 0 Å². The van der Waals surface area contributed by atoms with Gasteiger partial charge in [-0.1, -0.05) is 34.6 Å². The Morgan fingerprint density at radius 3 is 2.19 bits per heavy atom. The van der Waals surface area contributed by atoms with E-state index in [9.17, 15) is 0 Å². The van der Waals surface area contributed by atoms with Crippen LogP contribution in [0.3, 0.4) is 0 Å². The fourth-order valence-corrected chi connectivity index (χ4v) is 1.33. The lowest BCUT2D eigenvalue weighted by Crippen LogP contribution is -2.44. The van der Waals surface area contributed by atoms with E-state index in [0.717, 1.165) is 6.54 Å². The molecular formula is C13H27N3. The number of nitrogens with zero attached hydrogens (tertiary/aromatic N) is 1. The third-order valence-corrected chi connectivity index (χ3v) is 4.13. The molecule has 1 saturated carbocycles. The van der Waals surface area contributed by atoms with Crippen LogP contribution >= 0.6 is 0 Å². The van der Waals surface area contributed by atoms with E-state index in [4.69, 9.17) is 5.73 Å². The predicted molar refractivity (Wildman–Crippen MR) is 70.5 cm³/mol. The van der Waals surface area contributed by atoms with Gasteiger partial charge in [0.25, 0.3) is 0 Å². The molecule has 0 unspecified atom stereocenters. The Morgan fingerprint density at radius 2 is 1.81 bits per heavy atom. The normalized spacial score (nSPS) is 19.4. The van der Waals surface area contributed by atoms with Crippen LogP contribution in [0.5, 0.6) is 0 Å². The van der Waals surface area contributed by atoms with Crippen molar-refractivity contribution in [3.05, 3.63) is 0 Å². The quantitative estimate of drug-likeness (QED) is 0.573. The van der Waals surface area contributed by atoms with Crippen molar-refractivity contribution in [2.45, 2.75) is 59.9 Å². The molecule has 16 heavy (non-hydrogen) atoms. The predicted octanol–water partition coefficient (Wildman–Crippen LogP) is 2.52. The maximum absolute atomic E-state index is 5.87. The molecule has 0 saturated heterocycles. The molecule has 1 fully saturated rings. The second-order valence-corrected chi connectivity index (χ2v) is 6.61. The minimum atomic E-state index is 0.166. The van der Waals surface area contributed by atoms with Crippen LogP contribution in [0.25, 0.3) is 0 Å². The van der Waals surface area contributed by atoms with E-state index in [1.807, 2.05) is 0 Å². The van der Waals surface area contributed by atoms with Gasteiger partial charge in [-0.05, 0) is 30.1 Å². The highest BCUT2D eigenvalue weighted by atomic mass is 15.1. The van der Waals surface area contributed by atoms with E-state index < -0.39 is 0 Å². The molecule has 0 aromatic carbocycles. The third kappa shape index (κ3) is 3.39. The Hall–Kier alpha value is -0.730. The molecular weight excluding hydrogens is 198 g/mol. The van der Waals surface area contributed by atoms with Crippen LogP contribution in [0.1, 0.15) is 53.9 Å². The Morgan fingerprint density at radius 1 is 1.25 bits per heavy atom. The van der Waals surface area contributed by atoms with Gasteiger partial charge in [-0.3, -0.25) is 4.99 Å². The Labute approximate surface area is 99.9 Å². The number of guanidine groups is 1. The summed E-state index contributed by atoms with van der Waals surface area (Å²) >= 11 is 0. The average Bonchev–Trinajstić information content (AvgIpc) is 2.06. The third-order valence-electron chi connectivity index (χ3n) is 4.13. The van der Waals surface area contributed by atoms with E-state index in [1.165, 1.54) is 19.3 Å². The highest BCUT2D eigenvalue weighted by molar-refractivity contribution is 5.78. The molecule has 0 aliphatic heterocycles. The summed E-state index contributed by atoms with van der Waals surface area (Å²) in [5.41, 5.74) is 6.28. The smallest absolute Gasteiger partial charge is 0.188 e. The summed E-state index contributed by atoms with van der Waals surface area (Å²) in [6, 6.07) is 0.571. The SMILES string of the molecule is CC(C)(C)C(C)(C)CN=C(N)NC1CCC1. The molecule has 3 N–H and O–H groups in total. The number of rotatable bonds is 3. The molecule has 0 amide bonds. The van der Waals surface area contributed by atoms with Crippen molar-refractivity contribution in [1.29, 1.82) is 0 Å². The summed E-state index contributed by atoms with van der Waals surface area (Å²) in [7, 11) is 0. The van der Waals surface area contributed by atoms with Crippen molar-refractivity contribution < 1.29 is 0 Å². The molecule has 3 heteroatoms. The van der Waals surface area contributed by atoms with Gasteiger partial charge >= 0.3 is 0 Å². The zero-order chi connectivity index (χ0) is 12.4. The van der Waals surface area contributed by atoms with E-state index in [-0.39, 0.29) is 10.8 Å². The fourth-order valence-electron chi connectivity index (χ4n) is 1.33. The second-order valence-electron chi connectivity index (χ2n) is 6.61. The number of aliphatic imine (C=N–C) groups is 1. The topological polar surface area (TPSA) is 50.4 Å². The van der Waals surface area contributed by atoms with Crippen molar-refractivity contribution in [2.24, 2.45) is 21.6 Å². The lowest BCUT2D eigenvalue weighted by atomic mass is 9.69. The molecule has 1 aliphatic carbocycles. The molecule has 94 valence electrons. The van der Waals surface area contributed by atoms with E-state index in [0.29, 0.717) is 12.0 Å². The van der Waals surface area contributed by atoms with Gasteiger partial charge in [0.1, 0.15) is 0 Å². The summed E-state index contributed by atoms with van der Waals surface area (Å²) < 4.78 is 0. The molecule has 0 bridgehead atoms. The highest BCUT2D eigenvalue weighted by Gasteiger charge is 2.32. The number of nitrogens with one attached hydrogen (secondary N) is 1. The van der Waals surface area contributed by atoms with Crippen LogP contribution in [0.15, 0.2) is 4.99 Å². The molecule has 3 nitrogen and oxygen atoms in total. The summed E-state index contributed by atoms with van der Waals surface area (Å²) in [6.07, 6.45) is 3.79. The zero-order valence-electron chi connectivity index (χ0n) is 11.4. The number of hydrogen-bond acceptors (Lipinski definition) is 1.